The Bertz CT molecular complexity index is 1040. The average Bonchev–Trinajstić information content (AvgIpc) is 3.08. The fourth-order valence-electron chi connectivity index (χ4n) is 4.12. The molecule has 2 aromatic carbocycles. The van der Waals surface area contributed by atoms with E-state index < -0.39 is 0 Å². The molecule has 0 N–H and O–H groups in total. The molecular weight excluding hydrogens is 326 g/mol. The first-order valence-corrected chi connectivity index (χ1v) is 9.55. The molecule has 1 unspecified atom stereocenters. The van der Waals surface area contributed by atoms with Crippen molar-refractivity contribution in [1.82, 2.24) is 0 Å². The van der Waals surface area contributed by atoms with Gasteiger partial charge in [-0.05, 0) is 34.3 Å². The SMILES string of the molecule is C1=CC=C2CC(=C1)C=CC1=C2N=C(c2ccccc2)CC1c1ccccc1. The maximum Gasteiger partial charge on any atom is 0.0706 e. The molecular formula is C26H21N. The van der Waals surface area contributed by atoms with Crippen molar-refractivity contribution in [3.05, 3.63) is 131 Å². The minimum Gasteiger partial charge on any atom is -0.252 e. The van der Waals surface area contributed by atoms with E-state index in [1.165, 1.54) is 33.6 Å². The topological polar surface area (TPSA) is 12.4 Å². The highest BCUT2D eigenvalue weighted by Crippen LogP contribution is 2.42. The van der Waals surface area contributed by atoms with E-state index in [1.807, 2.05) is 0 Å². The molecule has 0 radical (unpaired) electrons. The van der Waals surface area contributed by atoms with Crippen molar-refractivity contribution in [1.29, 1.82) is 0 Å². The highest BCUT2D eigenvalue weighted by atomic mass is 14.8. The molecule has 0 amide bonds. The lowest BCUT2D eigenvalue weighted by atomic mass is 9.81. The summed E-state index contributed by atoms with van der Waals surface area (Å²) >= 11 is 0. The second-order valence-corrected chi connectivity index (χ2v) is 7.22. The summed E-state index contributed by atoms with van der Waals surface area (Å²) in [5, 5.41) is 0. The van der Waals surface area contributed by atoms with Crippen LogP contribution in [-0.2, 0) is 0 Å². The second kappa shape index (κ2) is 6.85. The zero-order chi connectivity index (χ0) is 18.1. The van der Waals surface area contributed by atoms with Gasteiger partial charge in [-0.3, -0.25) is 4.99 Å². The van der Waals surface area contributed by atoms with Gasteiger partial charge in [0.25, 0.3) is 0 Å². The van der Waals surface area contributed by atoms with Crippen molar-refractivity contribution >= 4 is 5.71 Å². The first-order chi connectivity index (χ1) is 13.4. The Morgan fingerprint density at radius 1 is 0.778 bits per heavy atom. The Morgan fingerprint density at radius 3 is 2.33 bits per heavy atom. The van der Waals surface area contributed by atoms with Gasteiger partial charge >= 0.3 is 0 Å². The third kappa shape index (κ3) is 3.06. The maximum atomic E-state index is 5.19. The van der Waals surface area contributed by atoms with Crippen LogP contribution in [0.1, 0.15) is 29.9 Å². The van der Waals surface area contributed by atoms with Gasteiger partial charge in [-0.15, -0.1) is 0 Å². The number of hydrogen-bond donors (Lipinski definition) is 0. The Kier molecular flexibility index (Phi) is 4.06. The summed E-state index contributed by atoms with van der Waals surface area (Å²) in [7, 11) is 0. The minimum absolute atomic E-state index is 0.330. The van der Waals surface area contributed by atoms with Crippen LogP contribution in [0.3, 0.4) is 0 Å². The van der Waals surface area contributed by atoms with Crippen molar-refractivity contribution in [3.63, 3.8) is 0 Å². The zero-order valence-electron chi connectivity index (χ0n) is 15.2. The van der Waals surface area contributed by atoms with Crippen molar-refractivity contribution < 1.29 is 0 Å². The van der Waals surface area contributed by atoms with Crippen molar-refractivity contribution in [2.24, 2.45) is 4.99 Å². The predicted molar refractivity (Wildman–Crippen MR) is 113 cm³/mol. The molecule has 27 heavy (non-hydrogen) atoms. The molecule has 130 valence electrons. The summed E-state index contributed by atoms with van der Waals surface area (Å²) < 4.78 is 0. The summed E-state index contributed by atoms with van der Waals surface area (Å²) in [5.74, 6) is 0.330. The van der Waals surface area contributed by atoms with Crippen LogP contribution < -0.4 is 0 Å². The molecule has 0 spiro atoms. The van der Waals surface area contributed by atoms with Crippen LogP contribution in [0.25, 0.3) is 0 Å². The Morgan fingerprint density at radius 2 is 1.52 bits per heavy atom. The fourth-order valence-corrected chi connectivity index (χ4v) is 4.12. The van der Waals surface area contributed by atoms with E-state index in [1.54, 1.807) is 0 Å². The number of hydrogen-bond acceptors (Lipinski definition) is 1. The fraction of sp³-hybridized carbons (Fsp3) is 0.115. The second-order valence-electron chi connectivity index (χ2n) is 7.22. The minimum atomic E-state index is 0.330. The molecule has 2 bridgehead atoms. The first-order valence-electron chi connectivity index (χ1n) is 9.55. The monoisotopic (exact) mass is 347 g/mol. The number of aliphatic imine (C=N–C) groups is 1. The first kappa shape index (κ1) is 16.0. The lowest BCUT2D eigenvalue weighted by Crippen LogP contribution is -2.17. The summed E-state index contributed by atoms with van der Waals surface area (Å²) in [4.78, 5) is 5.19. The summed E-state index contributed by atoms with van der Waals surface area (Å²) in [6, 6.07) is 21.5. The van der Waals surface area contributed by atoms with Gasteiger partial charge in [-0.1, -0.05) is 97.1 Å². The van der Waals surface area contributed by atoms with Crippen molar-refractivity contribution in [2.45, 2.75) is 18.8 Å². The smallest absolute Gasteiger partial charge is 0.0706 e. The summed E-state index contributed by atoms with van der Waals surface area (Å²) in [6.07, 6.45) is 15.1. The van der Waals surface area contributed by atoms with Gasteiger partial charge in [0, 0.05) is 18.1 Å². The van der Waals surface area contributed by atoms with E-state index in [4.69, 9.17) is 4.99 Å². The van der Waals surface area contributed by atoms with Crippen molar-refractivity contribution in [2.75, 3.05) is 0 Å². The van der Waals surface area contributed by atoms with E-state index in [2.05, 4.69) is 97.1 Å². The predicted octanol–water partition coefficient (Wildman–Crippen LogP) is 6.30. The molecule has 3 aliphatic rings. The third-order valence-corrected chi connectivity index (χ3v) is 5.50. The molecule has 0 saturated carbocycles. The highest BCUT2D eigenvalue weighted by Gasteiger charge is 2.28. The van der Waals surface area contributed by atoms with Crippen LogP contribution in [0.4, 0.5) is 0 Å². The number of allylic oxidation sites excluding steroid dienone is 9. The van der Waals surface area contributed by atoms with Crippen molar-refractivity contribution in [3.8, 4) is 0 Å². The normalized spacial score (nSPS) is 20.9. The van der Waals surface area contributed by atoms with E-state index in [0.717, 1.165) is 18.5 Å². The molecule has 0 aromatic heterocycles. The van der Waals surface area contributed by atoms with Crippen LogP contribution in [0.15, 0.2) is 125 Å². The molecule has 5 rings (SSSR count). The molecule has 2 aliphatic carbocycles. The number of benzene rings is 2. The highest BCUT2D eigenvalue weighted by molar-refractivity contribution is 6.03. The van der Waals surface area contributed by atoms with Gasteiger partial charge in [0.1, 0.15) is 0 Å². The Balaban J connectivity index is 1.71. The average molecular weight is 347 g/mol. The molecule has 2 aromatic rings. The molecule has 1 heteroatoms. The lowest BCUT2D eigenvalue weighted by molar-refractivity contribution is 0.819. The summed E-state index contributed by atoms with van der Waals surface area (Å²) in [5.41, 5.74) is 8.90. The van der Waals surface area contributed by atoms with E-state index in [9.17, 15) is 0 Å². The van der Waals surface area contributed by atoms with Gasteiger partial charge in [0.05, 0.1) is 5.70 Å². The molecule has 0 saturated heterocycles. The molecule has 0 fully saturated rings. The number of fused-ring (bicyclic) bond motifs is 3. The summed E-state index contributed by atoms with van der Waals surface area (Å²) in [6.45, 7) is 0. The van der Waals surface area contributed by atoms with Gasteiger partial charge in [0.15, 0.2) is 0 Å². The third-order valence-electron chi connectivity index (χ3n) is 5.50. The van der Waals surface area contributed by atoms with Crippen LogP contribution in [-0.4, -0.2) is 5.71 Å². The van der Waals surface area contributed by atoms with E-state index >= 15 is 0 Å². The number of nitrogens with zero attached hydrogens (tertiary/aromatic N) is 1. The van der Waals surface area contributed by atoms with E-state index in [0.29, 0.717) is 5.92 Å². The molecule has 1 heterocycles. The van der Waals surface area contributed by atoms with Gasteiger partial charge < -0.3 is 0 Å². The molecule has 1 nitrogen and oxygen atoms in total. The maximum absolute atomic E-state index is 5.19. The molecule has 1 aliphatic heterocycles. The standard InChI is InChI=1S/C26H21N/c1-3-10-20(11-4-1)24-18-25(21-12-5-2-6-13-21)27-26-22-14-8-7-9-19(17-22)15-16-23(24)26/h1-16,24H,17-18H2. The van der Waals surface area contributed by atoms with Crippen LogP contribution in [0.2, 0.25) is 0 Å². The lowest BCUT2D eigenvalue weighted by Gasteiger charge is -2.27. The largest absolute Gasteiger partial charge is 0.252 e. The Labute approximate surface area is 160 Å². The zero-order valence-corrected chi connectivity index (χ0v) is 15.2. The van der Waals surface area contributed by atoms with Crippen LogP contribution in [0, 0.1) is 0 Å². The van der Waals surface area contributed by atoms with Crippen LogP contribution >= 0.6 is 0 Å². The number of rotatable bonds is 2. The van der Waals surface area contributed by atoms with Gasteiger partial charge in [0.2, 0.25) is 0 Å². The van der Waals surface area contributed by atoms with Gasteiger partial charge in [-0.2, -0.15) is 0 Å². The molecule has 1 atom stereocenters. The van der Waals surface area contributed by atoms with Gasteiger partial charge in [-0.25, -0.2) is 0 Å². The van der Waals surface area contributed by atoms with E-state index in [-0.39, 0.29) is 0 Å². The quantitative estimate of drug-likeness (QED) is 0.604. The van der Waals surface area contributed by atoms with Crippen LogP contribution in [0.5, 0.6) is 0 Å². The Hall–Kier alpha value is -3.19.